The van der Waals surface area contributed by atoms with Gasteiger partial charge in [0.1, 0.15) is 17.4 Å². The topological polar surface area (TPSA) is 71.2 Å². The van der Waals surface area contributed by atoms with Crippen LogP contribution in [0.25, 0.3) is 5.69 Å². The van der Waals surface area contributed by atoms with E-state index in [0.29, 0.717) is 31.9 Å². The minimum atomic E-state index is -0.221. The Bertz CT molecular complexity index is 1220. The lowest BCUT2D eigenvalue weighted by molar-refractivity contribution is 0.0728. The van der Waals surface area contributed by atoms with Crippen molar-refractivity contribution in [2.24, 2.45) is 5.41 Å². The van der Waals surface area contributed by atoms with Crippen LogP contribution in [0.4, 0.5) is 0 Å². The van der Waals surface area contributed by atoms with Gasteiger partial charge in [-0.25, -0.2) is 4.68 Å². The monoisotopic (exact) mass is 446 g/mol. The quantitative estimate of drug-likeness (QED) is 0.565. The van der Waals surface area contributed by atoms with E-state index >= 15 is 0 Å². The SMILES string of the molecule is CC1(COc2ccc(C#N)c(Cl)c2C(=O)N2CCc3nn(-c4ccccc4)cc3C2)CC1. The molecule has 1 aromatic heterocycles. The molecule has 0 atom stereocenters. The molecule has 2 aliphatic rings. The highest BCUT2D eigenvalue weighted by atomic mass is 35.5. The van der Waals surface area contributed by atoms with Crippen LogP contribution in [0.5, 0.6) is 5.75 Å². The zero-order chi connectivity index (χ0) is 22.3. The van der Waals surface area contributed by atoms with Gasteiger partial charge in [-0.15, -0.1) is 0 Å². The Balaban J connectivity index is 1.42. The molecule has 3 aromatic rings. The first-order valence-electron chi connectivity index (χ1n) is 10.7. The second kappa shape index (κ2) is 7.99. The van der Waals surface area contributed by atoms with Crippen LogP contribution in [0.3, 0.4) is 0 Å². The van der Waals surface area contributed by atoms with Crippen LogP contribution in [0.2, 0.25) is 5.02 Å². The molecule has 0 unspecified atom stereocenters. The average Bonchev–Trinajstić information content (AvgIpc) is 3.40. The molecule has 32 heavy (non-hydrogen) atoms. The molecule has 6 nitrogen and oxygen atoms in total. The van der Waals surface area contributed by atoms with Crippen LogP contribution in [0, 0.1) is 16.7 Å². The third-order valence-electron chi connectivity index (χ3n) is 6.28. The molecule has 0 N–H and O–H groups in total. The first-order chi connectivity index (χ1) is 15.5. The molecular weight excluding hydrogens is 424 g/mol. The predicted octanol–water partition coefficient (Wildman–Crippen LogP) is 4.77. The number of benzene rings is 2. The maximum atomic E-state index is 13.6. The molecule has 2 heterocycles. The molecule has 1 amide bonds. The molecule has 2 aromatic carbocycles. The molecule has 162 valence electrons. The van der Waals surface area contributed by atoms with Crippen molar-refractivity contribution in [3.05, 3.63) is 76.1 Å². The molecule has 7 heteroatoms. The largest absolute Gasteiger partial charge is 0.492 e. The molecule has 5 rings (SSSR count). The Morgan fingerprint density at radius 3 is 2.75 bits per heavy atom. The van der Waals surface area contributed by atoms with Crippen molar-refractivity contribution in [1.82, 2.24) is 14.7 Å². The Hall–Kier alpha value is -3.30. The fraction of sp³-hybridized carbons (Fsp3) is 0.320. The Labute approximate surface area is 192 Å². The number of carbonyl (C=O) groups is 1. The summed E-state index contributed by atoms with van der Waals surface area (Å²) in [5.74, 6) is 0.221. The van der Waals surface area contributed by atoms with Crippen molar-refractivity contribution in [3.63, 3.8) is 0 Å². The summed E-state index contributed by atoms with van der Waals surface area (Å²) in [4.78, 5) is 15.3. The highest BCUT2D eigenvalue weighted by molar-refractivity contribution is 6.35. The fourth-order valence-electron chi connectivity index (χ4n) is 3.93. The van der Waals surface area contributed by atoms with Gasteiger partial charge in [-0.05, 0) is 37.1 Å². The zero-order valence-corrected chi connectivity index (χ0v) is 18.6. The van der Waals surface area contributed by atoms with Crippen LogP contribution >= 0.6 is 11.6 Å². The van der Waals surface area contributed by atoms with E-state index in [1.54, 1.807) is 17.0 Å². The maximum absolute atomic E-state index is 13.6. The van der Waals surface area contributed by atoms with E-state index in [9.17, 15) is 10.1 Å². The number of nitriles is 1. The van der Waals surface area contributed by atoms with Crippen molar-refractivity contribution in [1.29, 1.82) is 5.26 Å². The number of rotatable bonds is 5. The van der Waals surface area contributed by atoms with E-state index in [2.05, 4.69) is 13.0 Å². The molecule has 0 saturated heterocycles. The lowest BCUT2D eigenvalue weighted by Gasteiger charge is -2.27. The number of hydrogen-bond donors (Lipinski definition) is 0. The molecule has 0 spiro atoms. The zero-order valence-electron chi connectivity index (χ0n) is 17.8. The third-order valence-corrected chi connectivity index (χ3v) is 6.68. The van der Waals surface area contributed by atoms with Gasteiger partial charge in [0.25, 0.3) is 5.91 Å². The summed E-state index contributed by atoms with van der Waals surface area (Å²) in [5.41, 5.74) is 3.69. The highest BCUT2D eigenvalue weighted by Gasteiger charge is 2.38. The smallest absolute Gasteiger partial charge is 0.259 e. The first kappa shape index (κ1) is 20.6. The molecule has 1 aliphatic heterocycles. The van der Waals surface area contributed by atoms with Gasteiger partial charge in [-0.1, -0.05) is 36.7 Å². The lowest BCUT2D eigenvalue weighted by atomic mass is 10.0. The van der Waals surface area contributed by atoms with Gasteiger partial charge >= 0.3 is 0 Å². The van der Waals surface area contributed by atoms with Crippen LogP contribution in [-0.4, -0.2) is 33.7 Å². The van der Waals surface area contributed by atoms with Crippen molar-refractivity contribution in [2.75, 3.05) is 13.2 Å². The van der Waals surface area contributed by atoms with Crippen molar-refractivity contribution in [2.45, 2.75) is 32.7 Å². The van der Waals surface area contributed by atoms with Crippen molar-refractivity contribution in [3.8, 4) is 17.5 Å². The molecular formula is C25H23ClN4O2. The maximum Gasteiger partial charge on any atom is 0.259 e. The summed E-state index contributed by atoms with van der Waals surface area (Å²) in [6.07, 6.45) is 4.86. The molecule has 0 radical (unpaired) electrons. The van der Waals surface area contributed by atoms with Gasteiger partial charge in [0.15, 0.2) is 0 Å². The minimum Gasteiger partial charge on any atom is -0.492 e. The number of carbonyl (C=O) groups excluding carboxylic acids is 1. The van der Waals surface area contributed by atoms with Gasteiger partial charge < -0.3 is 9.64 Å². The molecule has 1 aliphatic carbocycles. The number of para-hydroxylation sites is 1. The van der Waals surface area contributed by atoms with Gasteiger partial charge in [-0.3, -0.25) is 4.79 Å². The summed E-state index contributed by atoms with van der Waals surface area (Å²) < 4.78 is 7.88. The Morgan fingerprint density at radius 1 is 1.25 bits per heavy atom. The summed E-state index contributed by atoms with van der Waals surface area (Å²) in [6.45, 7) is 3.66. The number of nitrogens with zero attached hydrogens (tertiary/aromatic N) is 4. The van der Waals surface area contributed by atoms with Crippen LogP contribution in [-0.2, 0) is 13.0 Å². The number of aromatic nitrogens is 2. The van der Waals surface area contributed by atoms with Crippen molar-refractivity contribution >= 4 is 17.5 Å². The normalized spacial score (nSPS) is 16.2. The number of fused-ring (bicyclic) bond motifs is 1. The average molecular weight is 447 g/mol. The van der Waals surface area contributed by atoms with E-state index < -0.39 is 0 Å². The number of amides is 1. The van der Waals surface area contributed by atoms with E-state index in [0.717, 1.165) is 29.8 Å². The second-order valence-corrected chi connectivity index (χ2v) is 9.25. The number of ether oxygens (including phenoxy) is 1. The molecule has 0 bridgehead atoms. The van der Waals surface area contributed by atoms with E-state index in [1.807, 2.05) is 41.2 Å². The predicted molar refractivity (Wildman–Crippen MR) is 121 cm³/mol. The molecule has 1 fully saturated rings. The minimum absolute atomic E-state index is 0.154. The summed E-state index contributed by atoms with van der Waals surface area (Å²) in [6, 6.07) is 15.3. The standard InChI is InChI=1S/C25H23ClN4O2/c1-25(10-11-25)16-32-21-8-7-17(13-27)23(26)22(21)24(31)29-12-9-20-18(14-29)15-30(28-20)19-5-3-2-4-6-19/h2-8,15H,9-12,14,16H2,1H3. The van der Waals surface area contributed by atoms with E-state index in [1.165, 1.54) is 0 Å². The summed E-state index contributed by atoms with van der Waals surface area (Å²) >= 11 is 6.51. The number of halogens is 1. The number of hydrogen-bond acceptors (Lipinski definition) is 4. The first-order valence-corrected chi connectivity index (χ1v) is 11.1. The summed E-state index contributed by atoms with van der Waals surface area (Å²) in [5, 5.41) is 14.3. The van der Waals surface area contributed by atoms with Crippen LogP contribution < -0.4 is 4.74 Å². The molecule has 1 saturated carbocycles. The fourth-order valence-corrected chi connectivity index (χ4v) is 4.21. The van der Waals surface area contributed by atoms with Crippen molar-refractivity contribution < 1.29 is 9.53 Å². The Morgan fingerprint density at radius 2 is 2.03 bits per heavy atom. The second-order valence-electron chi connectivity index (χ2n) is 8.87. The van der Waals surface area contributed by atoms with Crippen LogP contribution in [0.15, 0.2) is 48.7 Å². The lowest BCUT2D eigenvalue weighted by Crippen LogP contribution is -2.36. The third kappa shape index (κ3) is 3.85. The van der Waals surface area contributed by atoms with Gasteiger partial charge in [-0.2, -0.15) is 10.4 Å². The van der Waals surface area contributed by atoms with E-state index in [4.69, 9.17) is 21.4 Å². The van der Waals surface area contributed by atoms with Gasteiger partial charge in [0.2, 0.25) is 0 Å². The highest BCUT2D eigenvalue weighted by Crippen LogP contribution is 2.45. The van der Waals surface area contributed by atoms with Gasteiger partial charge in [0.05, 0.1) is 28.6 Å². The van der Waals surface area contributed by atoms with Gasteiger partial charge in [0, 0.05) is 36.7 Å². The van der Waals surface area contributed by atoms with E-state index in [-0.39, 0.29) is 27.5 Å². The Kier molecular flexibility index (Phi) is 5.15. The van der Waals surface area contributed by atoms with Crippen LogP contribution in [0.1, 0.15) is 46.9 Å². The summed E-state index contributed by atoms with van der Waals surface area (Å²) in [7, 11) is 0.